The lowest BCUT2D eigenvalue weighted by Crippen LogP contribution is -2.41. The van der Waals surface area contributed by atoms with E-state index >= 15 is 0 Å². The smallest absolute Gasteiger partial charge is 0.305 e. The molecule has 2 amide bonds. The third-order valence-electron chi connectivity index (χ3n) is 1.32. The fourth-order valence-electron chi connectivity index (χ4n) is 0.887. The number of carbonyl (C=O) groups is 3. The fraction of sp³-hybridized carbons (Fsp3) is 0.500. The van der Waals surface area contributed by atoms with E-state index in [0.29, 0.717) is 0 Å². The summed E-state index contributed by atoms with van der Waals surface area (Å²) in [7, 11) is 0. The number of carbonyl (C=O) groups excluding carboxylic acids is 3. The summed E-state index contributed by atoms with van der Waals surface area (Å²) >= 11 is 0. The number of esters is 1. The molecule has 0 aromatic carbocycles. The molecule has 0 bridgehead atoms. The predicted octanol–water partition coefficient (Wildman–Crippen LogP) is -1.72. The summed E-state index contributed by atoms with van der Waals surface area (Å²) < 4.78 is 4.27. The Morgan fingerprint density at radius 3 is 2.58 bits per heavy atom. The van der Waals surface area contributed by atoms with E-state index in [1.807, 2.05) is 5.32 Å². The van der Waals surface area contributed by atoms with E-state index in [2.05, 4.69) is 4.74 Å². The van der Waals surface area contributed by atoms with Gasteiger partial charge in [0.15, 0.2) is 0 Å². The highest BCUT2D eigenvalue weighted by molar-refractivity contribution is 6.07. The van der Waals surface area contributed by atoms with E-state index in [1.165, 1.54) is 0 Å². The van der Waals surface area contributed by atoms with Crippen LogP contribution in [-0.2, 0) is 19.1 Å². The van der Waals surface area contributed by atoms with Crippen LogP contribution in [0.25, 0.3) is 0 Å². The minimum absolute atomic E-state index is 0.536. The Morgan fingerprint density at radius 2 is 2.25 bits per heavy atom. The SMILES string of the molecule is CC(=O)OC1(O)CC(=O)NC1=O. The molecule has 66 valence electrons. The van der Waals surface area contributed by atoms with Crippen molar-refractivity contribution in [2.75, 3.05) is 0 Å². The van der Waals surface area contributed by atoms with E-state index in [1.54, 1.807) is 0 Å². The molecule has 12 heavy (non-hydrogen) atoms. The van der Waals surface area contributed by atoms with Crippen LogP contribution in [0.4, 0.5) is 0 Å². The monoisotopic (exact) mass is 173 g/mol. The Morgan fingerprint density at radius 1 is 1.67 bits per heavy atom. The Labute approximate surface area is 67.5 Å². The molecule has 0 aromatic heterocycles. The summed E-state index contributed by atoms with van der Waals surface area (Å²) in [6.45, 7) is 1.04. The molecule has 0 aromatic rings. The van der Waals surface area contributed by atoms with Crippen LogP contribution in [0.2, 0.25) is 0 Å². The van der Waals surface area contributed by atoms with E-state index in [9.17, 15) is 19.5 Å². The molecule has 1 aliphatic heterocycles. The minimum atomic E-state index is -2.30. The van der Waals surface area contributed by atoms with E-state index in [4.69, 9.17) is 0 Å². The summed E-state index contributed by atoms with van der Waals surface area (Å²) in [5.41, 5.74) is 0. The van der Waals surface area contributed by atoms with Gasteiger partial charge in [-0.05, 0) is 0 Å². The van der Waals surface area contributed by atoms with E-state index in [0.717, 1.165) is 6.92 Å². The van der Waals surface area contributed by atoms with Crippen LogP contribution in [0.1, 0.15) is 13.3 Å². The van der Waals surface area contributed by atoms with E-state index < -0.39 is 30.0 Å². The van der Waals surface area contributed by atoms with Gasteiger partial charge < -0.3 is 9.84 Å². The molecule has 1 aliphatic rings. The first-order valence-corrected chi connectivity index (χ1v) is 3.20. The van der Waals surface area contributed by atoms with Crippen molar-refractivity contribution in [3.63, 3.8) is 0 Å². The number of amides is 2. The summed E-state index contributed by atoms with van der Waals surface area (Å²) in [6.07, 6.45) is -0.536. The van der Waals surface area contributed by atoms with Gasteiger partial charge in [0.2, 0.25) is 5.91 Å². The van der Waals surface area contributed by atoms with Crippen LogP contribution in [0, 0.1) is 0 Å². The Bertz CT molecular complexity index is 261. The highest BCUT2D eigenvalue weighted by atomic mass is 16.7. The maximum Gasteiger partial charge on any atom is 0.305 e. The molecule has 1 heterocycles. The second-order valence-electron chi connectivity index (χ2n) is 2.43. The average Bonchev–Trinajstić information content (AvgIpc) is 2.04. The van der Waals surface area contributed by atoms with Crippen molar-refractivity contribution in [2.45, 2.75) is 19.1 Å². The summed E-state index contributed by atoms with van der Waals surface area (Å²) in [5.74, 6) is -4.78. The summed E-state index contributed by atoms with van der Waals surface area (Å²) in [4.78, 5) is 31.7. The van der Waals surface area contributed by atoms with Crippen LogP contribution >= 0.6 is 0 Å². The van der Waals surface area contributed by atoms with E-state index in [-0.39, 0.29) is 0 Å². The second kappa shape index (κ2) is 2.56. The Kier molecular flexibility index (Phi) is 1.85. The fourth-order valence-corrected chi connectivity index (χ4v) is 0.887. The van der Waals surface area contributed by atoms with Gasteiger partial charge in [-0.15, -0.1) is 0 Å². The molecular weight excluding hydrogens is 166 g/mol. The number of hydrogen-bond acceptors (Lipinski definition) is 5. The lowest BCUT2D eigenvalue weighted by atomic mass is 10.2. The van der Waals surface area contributed by atoms with Crippen molar-refractivity contribution >= 4 is 17.8 Å². The predicted molar refractivity (Wildman–Crippen MR) is 34.5 cm³/mol. The molecule has 0 aliphatic carbocycles. The molecule has 1 atom stereocenters. The molecule has 1 saturated heterocycles. The van der Waals surface area contributed by atoms with Crippen molar-refractivity contribution in [1.82, 2.24) is 5.32 Å². The zero-order valence-electron chi connectivity index (χ0n) is 6.29. The molecule has 0 radical (unpaired) electrons. The largest absolute Gasteiger partial charge is 0.423 e. The zero-order chi connectivity index (χ0) is 9.35. The van der Waals surface area contributed by atoms with Gasteiger partial charge >= 0.3 is 11.8 Å². The molecule has 1 fully saturated rings. The Balaban J connectivity index is 2.77. The lowest BCUT2D eigenvalue weighted by molar-refractivity contribution is -0.204. The number of hydrogen-bond donors (Lipinski definition) is 2. The molecular formula is C6H7NO5. The lowest BCUT2D eigenvalue weighted by Gasteiger charge is -2.16. The quantitative estimate of drug-likeness (QED) is 0.279. The molecule has 2 N–H and O–H groups in total. The molecule has 0 saturated carbocycles. The summed E-state index contributed by atoms with van der Waals surface area (Å²) in [6, 6.07) is 0. The van der Waals surface area contributed by atoms with Gasteiger partial charge in [-0.1, -0.05) is 0 Å². The van der Waals surface area contributed by atoms with Gasteiger partial charge in [0.1, 0.15) is 6.42 Å². The van der Waals surface area contributed by atoms with Crippen molar-refractivity contribution in [1.29, 1.82) is 0 Å². The van der Waals surface area contributed by atoms with Crippen LogP contribution in [-0.4, -0.2) is 28.7 Å². The number of ether oxygens (including phenoxy) is 1. The molecule has 1 rings (SSSR count). The Hall–Kier alpha value is -1.43. The maximum atomic E-state index is 10.8. The molecule has 0 spiro atoms. The average molecular weight is 173 g/mol. The summed E-state index contributed by atoms with van der Waals surface area (Å²) in [5, 5.41) is 11.0. The van der Waals surface area contributed by atoms with Crippen molar-refractivity contribution < 1.29 is 24.2 Å². The van der Waals surface area contributed by atoms with Crippen molar-refractivity contribution in [3.8, 4) is 0 Å². The first-order chi connectivity index (χ1) is 5.44. The van der Waals surface area contributed by atoms with Crippen LogP contribution in [0.15, 0.2) is 0 Å². The highest BCUT2D eigenvalue weighted by Crippen LogP contribution is 2.18. The maximum absolute atomic E-state index is 10.8. The van der Waals surface area contributed by atoms with Gasteiger partial charge in [0.05, 0.1) is 0 Å². The number of aliphatic hydroxyl groups is 1. The topological polar surface area (TPSA) is 92.7 Å². The van der Waals surface area contributed by atoms with Crippen molar-refractivity contribution in [3.05, 3.63) is 0 Å². The van der Waals surface area contributed by atoms with Gasteiger partial charge in [0.25, 0.3) is 5.91 Å². The number of imide groups is 1. The number of rotatable bonds is 1. The number of nitrogens with one attached hydrogen (secondary N) is 1. The van der Waals surface area contributed by atoms with Crippen LogP contribution in [0.5, 0.6) is 0 Å². The molecule has 6 nitrogen and oxygen atoms in total. The first kappa shape index (κ1) is 8.66. The zero-order valence-corrected chi connectivity index (χ0v) is 6.29. The van der Waals surface area contributed by atoms with Gasteiger partial charge in [-0.25, -0.2) is 0 Å². The van der Waals surface area contributed by atoms with Crippen LogP contribution < -0.4 is 5.32 Å². The third-order valence-corrected chi connectivity index (χ3v) is 1.32. The first-order valence-electron chi connectivity index (χ1n) is 3.20. The molecule has 1 unspecified atom stereocenters. The minimum Gasteiger partial charge on any atom is -0.423 e. The van der Waals surface area contributed by atoms with Crippen LogP contribution in [0.3, 0.4) is 0 Å². The van der Waals surface area contributed by atoms with Gasteiger partial charge in [0, 0.05) is 6.92 Å². The highest BCUT2D eigenvalue weighted by Gasteiger charge is 2.48. The standard InChI is InChI=1S/C6H7NO5/c1-3(8)12-6(11)2-4(9)7-5(6)10/h11H,2H2,1H3,(H,7,9,10). The van der Waals surface area contributed by atoms with Crippen molar-refractivity contribution in [2.24, 2.45) is 0 Å². The molecule has 6 heteroatoms. The van der Waals surface area contributed by atoms with Gasteiger partial charge in [-0.3, -0.25) is 19.7 Å². The normalized spacial score (nSPS) is 28.5. The second-order valence-corrected chi connectivity index (χ2v) is 2.43. The van der Waals surface area contributed by atoms with Gasteiger partial charge in [-0.2, -0.15) is 0 Å². The third kappa shape index (κ3) is 1.42.